The van der Waals surface area contributed by atoms with Crippen LogP contribution in [0.5, 0.6) is 0 Å². The summed E-state index contributed by atoms with van der Waals surface area (Å²) in [5.74, 6) is -1.47. The lowest BCUT2D eigenvalue weighted by molar-refractivity contribution is -0.156. The van der Waals surface area contributed by atoms with Crippen molar-refractivity contribution in [3.8, 4) is 0 Å². The third-order valence-electron chi connectivity index (χ3n) is 2.03. The fraction of sp³-hybridized carbons (Fsp3) is 0.250. The van der Waals surface area contributed by atoms with E-state index in [1.807, 2.05) is 24.3 Å². The second kappa shape index (κ2) is 6.00. The molecule has 0 bridgehead atoms. The summed E-state index contributed by atoms with van der Waals surface area (Å²) in [4.78, 5) is 10.4. The Bertz CT molecular complexity index is 358. The van der Waals surface area contributed by atoms with E-state index in [4.69, 9.17) is 0 Å². The van der Waals surface area contributed by atoms with Gasteiger partial charge in [-0.1, -0.05) is 36.9 Å². The molecule has 0 spiro atoms. The molecule has 0 N–H and O–H groups in total. The van der Waals surface area contributed by atoms with Crippen molar-refractivity contribution < 1.29 is 18.3 Å². The molecule has 0 atom stereocenters. The molecule has 0 saturated heterocycles. The molecule has 0 saturated carbocycles. The minimum absolute atomic E-state index is 0.0311. The number of hydrogen-bond donors (Lipinski definition) is 0. The SMILES string of the molecule is C=Cc1ccc(CCOC(=O)C(F)F)cc1. The molecule has 0 amide bonds. The van der Waals surface area contributed by atoms with E-state index < -0.39 is 12.4 Å². The van der Waals surface area contributed by atoms with Gasteiger partial charge in [-0.15, -0.1) is 0 Å². The number of ether oxygens (including phenoxy) is 1. The van der Waals surface area contributed by atoms with Gasteiger partial charge in [0, 0.05) is 6.42 Å². The average Bonchev–Trinajstić information content (AvgIpc) is 2.29. The molecule has 86 valence electrons. The Morgan fingerprint density at radius 3 is 2.50 bits per heavy atom. The number of alkyl halides is 2. The fourth-order valence-electron chi connectivity index (χ4n) is 1.15. The molecule has 0 aliphatic rings. The molecule has 1 aromatic rings. The van der Waals surface area contributed by atoms with Crippen LogP contribution in [0.4, 0.5) is 8.78 Å². The lowest BCUT2D eigenvalue weighted by Crippen LogP contribution is -2.15. The van der Waals surface area contributed by atoms with Crippen LogP contribution in [0, 0.1) is 0 Å². The lowest BCUT2D eigenvalue weighted by atomic mass is 10.1. The van der Waals surface area contributed by atoms with Crippen molar-refractivity contribution in [1.29, 1.82) is 0 Å². The predicted molar refractivity (Wildman–Crippen MR) is 57.2 cm³/mol. The Kier molecular flexibility index (Phi) is 4.64. The summed E-state index contributed by atoms with van der Waals surface area (Å²) in [6.07, 6.45) is -0.917. The first-order valence-corrected chi connectivity index (χ1v) is 4.79. The molecule has 0 aromatic heterocycles. The highest BCUT2D eigenvalue weighted by Crippen LogP contribution is 2.06. The highest BCUT2D eigenvalue weighted by Gasteiger charge is 2.16. The van der Waals surface area contributed by atoms with Crippen molar-refractivity contribution in [3.05, 3.63) is 42.0 Å². The van der Waals surface area contributed by atoms with E-state index in [2.05, 4.69) is 11.3 Å². The molecular weight excluding hydrogens is 214 g/mol. The number of esters is 1. The van der Waals surface area contributed by atoms with E-state index in [1.165, 1.54) is 0 Å². The van der Waals surface area contributed by atoms with Gasteiger partial charge in [0.2, 0.25) is 0 Å². The maximum atomic E-state index is 11.8. The molecule has 16 heavy (non-hydrogen) atoms. The van der Waals surface area contributed by atoms with Crippen molar-refractivity contribution in [2.24, 2.45) is 0 Å². The van der Waals surface area contributed by atoms with Gasteiger partial charge in [0.05, 0.1) is 6.61 Å². The van der Waals surface area contributed by atoms with Crippen molar-refractivity contribution in [2.75, 3.05) is 6.61 Å². The van der Waals surface area contributed by atoms with E-state index in [9.17, 15) is 13.6 Å². The highest BCUT2D eigenvalue weighted by atomic mass is 19.3. The van der Waals surface area contributed by atoms with Crippen molar-refractivity contribution in [3.63, 3.8) is 0 Å². The average molecular weight is 226 g/mol. The van der Waals surface area contributed by atoms with Crippen LogP contribution >= 0.6 is 0 Å². The van der Waals surface area contributed by atoms with Gasteiger partial charge in [-0.25, -0.2) is 4.79 Å². The first-order valence-electron chi connectivity index (χ1n) is 4.79. The Labute approximate surface area is 92.5 Å². The highest BCUT2D eigenvalue weighted by molar-refractivity contribution is 5.72. The summed E-state index contributed by atoms with van der Waals surface area (Å²) in [7, 11) is 0. The summed E-state index contributed by atoms with van der Waals surface area (Å²) in [5.41, 5.74) is 1.90. The van der Waals surface area contributed by atoms with E-state index >= 15 is 0 Å². The fourth-order valence-corrected chi connectivity index (χ4v) is 1.15. The molecule has 0 aliphatic heterocycles. The normalized spacial score (nSPS) is 10.2. The van der Waals surface area contributed by atoms with Gasteiger partial charge in [0.1, 0.15) is 0 Å². The lowest BCUT2D eigenvalue weighted by Gasteiger charge is -2.04. The van der Waals surface area contributed by atoms with Crippen LogP contribution in [0.25, 0.3) is 6.08 Å². The molecular formula is C12H12F2O2. The van der Waals surface area contributed by atoms with Crippen LogP contribution in [-0.4, -0.2) is 19.0 Å². The molecule has 1 rings (SSSR count). The zero-order chi connectivity index (χ0) is 12.0. The van der Waals surface area contributed by atoms with Crippen LogP contribution in [0.2, 0.25) is 0 Å². The topological polar surface area (TPSA) is 26.3 Å². The number of carbonyl (C=O) groups is 1. The minimum Gasteiger partial charge on any atom is -0.461 e. The van der Waals surface area contributed by atoms with Crippen molar-refractivity contribution >= 4 is 12.0 Å². The van der Waals surface area contributed by atoms with Crippen LogP contribution < -0.4 is 0 Å². The summed E-state index contributed by atoms with van der Waals surface area (Å²) < 4.78 is 27.9. The van der Waals surface area contributed by atoms with Gasteiger partial charge in [-0.05, 0) is 11.1 Å². The summed E-state index contributed by atoms with van der Waals surface area (Å²) in [6.45, 7) is 3.58. The van der Waals surface area contributed by atoms with Gasteiger partial charge in [0.25, 0.3) is 0 Å². The minimum atomic E-state index is -3.05. The number of benzene rings is 1. The molecule has 2 nitrogen and oxygen atoms in total. The van der Waals surface area contributed by atoms with E-state index in [1.54, 1.807) is 6.08 Å². The van der Waals surface area contributed by atoms with E-state index in [-0.39, 0.29) is 6.61 Å². The van der Waals surface area contributed by atoms with Gasteiger partial charge < -0.3 is 4.74 Å². The largest absolute Gasteiger partial charge is 0.461 e. The predicted octanol–water partition coefficient (Wildman–Crippen LogP) is 2.68. The molecule has 0 fully saturated rings. The summed E-state index contributed by atoms with van der Waals surface area (Å²) in [6, 6.07) is 7.40. The van der Waals surface area contributed by atoms with Crippen LogP contribution in [0.3, 0.4) is 0 Å². The zero-order valence-corrected chi connectivity index (χ0v) is 8.66. The Morgan fingerprint density at radius 2 is 2.00 bits per heavy atom. The number of halogens is 2. The summed E-state index contributed by atoms with van der Waals surface area (Å²) in [5, 5.41) is 0. The van der Waals surface area contributed by atoms with Gasteiger partial charge in [-0.3, -0.25) is 0 Å². The number of rotatable bonds is 5. The second-order valence-electron chi connectivity index (χ2n) is 3.16. The maximum Gasteiger partial charge on any atom is 0.373 e. The number of hydrogen-bond acceptors (Lipinski definition) is 2. The maximum absolute atomic E-state index is 11.8. The molecule has 0 aliphatic carbocycles. The quantitative estimate of drug-likeness (QED) is 0.721. The van der Waals surface area contributed by atoms with E-state index in [0.29, 0.717) is 6.42 Å². The molecule has 0 heterocycles. The standard InChI is InChI=1S/C12H12F2O2/c1-2-9-3-5-10(6-4-9)7-8-16-12(15)11(13)14/h2-6,11H,1,7-8H2. The van der Waals surface area contributed by atoms with Gasteiger partial charge in [0.15, 0.2) is 0 Å². The molecule has 0 unspecified atom stereocenters. The Morgan fingerprint density at radius 1 is 1.38 bits per heavy atom. The van der Waals surface area contributed by atoms with Crippen LogP contribution in [0.15, 0.2) is 30.8 Å². The van der Waals surface area contributed by atoms with Crippen molar-refractivity contribution in [1.82, 2.24) is 0 Å². The van der Waals surface area contributed by atoms with Crippen molar-refractivity contribution in [2.45, 2.75) is 12.8 Å². The smallest absolute Gasteiger partial charge is 0.373 e. The monoisotopic (exact) mass is 226 g/mol. The molecule has 4 heteroatoms. The molecule has 0 radical (unpaired) electrons. The molecule has 1 aromatic carbocycles. The van der Waals surface area contributed by atoms with E-state index in [0.717, 1.165) is 11.1 Å². The van der Waals surface area contributed by atoms with Gasteiger partial charge in [-0.2, -0.15) is 8.78 Å². The van der Waals surface area contributed by atoms with Gasteiger partial charge >= 0.3 is 12.4 Å². The first kappa shape index (κ1) is 12.4. The zero-order valence-electron chi connectivity index (χ0n) is 8.66. The van der Waals surface area contributed by atoms with Crippen LogP contribution in [0.1, 0.15) is 11.1 Å². The van der Waals surface area contributed by atoms with Crippen LogP contribution in [-0.2, 0) is 16.0 Å². The third-order valence-corrected chi connectivity index (χ3v) is 2.03. The summed E-state index contributed by atoms with van der Waals surface area (Å²) >= 11 is 0. The third kappa shape index (κ3) is 3.81. The second-order valence-corrected chi connectivity index (χ2v) is 3.16. The Hall–Kier alpha value is -1.71. The first-order chi connectivity index (χ1) is 7.63. The Balaban J connectivity index is 2.37. The number of carbonyl (C=O) groups excluding carboxylic acids is 1.